The number of carbonyl (C=O) groups is 3. The largest absolute Gasteiger partial charge is 0.393 e. The molecule has 0 bridgehead atoms. The quantitative estimate of drug-likeness (QED) is 0.156. The van der Waals surface area contributed by atoms with Crippen molar-refractivity contribution in [1.29, 1.82) is 0 Å². The van der Waals surface area contributed by atoms with Gasteiger partial charge in [-0.1, -0.05) is 37.3 Å². The van der Waals surface area contributed by atoms with Crippen LogP contribution in [0, 0.1) is 35.5 Å². The van der Waals surface area contributed by atoms with Crippen molar-refractivity contribution in [3.63, 3.8) is 0 Å². The maximum absolute atomic E-state index is 13.2. The summed E-state index contributed by atoms with van der Waals surface area (Å²) in [6.45, 7) is 7.77. The molecule has 3 heterocycles. The van der Waals surface area contributed by atoms with Gasteiger partial charge in [0.2, 0.25) is 17.7 Å². The molecular weight excluding hydrogens is 666 g/mol. The number of hydrogen-bond acceptors (Lipinski definition) is 7. The molecule has 7 rings (SSSR count). The zero-order valence-electron chi connectivity index (χ0n) is 33.0. The lowest BCUT2D eigenvalue weighted by molar-refractivity contribution is -0.144. The fourth-order valence-corrected chi connectivity index (χ4v) is 12.0. The molecule has 3 aliphatic heterocycles. The first-order chi connectivity index (χ1) is 25.9. The van der Waals surface area contributed by atoms with E-state index in [1.54, 1.807) is 4.90 Å². The van der Waals surface area contributed by atoms with Crippen LogP contribution in [0.4, 0.5) is 0 Å². The maximum Gasteiger partial charge on any atom is 0.249 e. The molecule has 0 aromatic heterocycles. The minimum absolute atomic E-state index is 0.0358. The van der Waals surface area contributed by atoms with Crippen molar-refractivity contribution in [3.8, 4) is 0 Å². The molecule has 9 heteroatoms. The number of ether oxygens (including phenoxy) is 2. The number of amides is 3. The summed E-state index contributed by atoms with van der Waals surface area (Å²) in [5.41, 5.74) is 3.68. The number of aliphatic hydroxyl groups is 1. The molecular formula is C44H71N3O6. The molecule has 2 N–H and O–H groups in total. The zero-order valence-corrected chi connectivity index (χ0v) is 33.0. The molecule has 0 aromatic carbocycles. The van der Waals surface area contributed by atoms with Crippen LogP contribution in [-0.4, -0.2) is 96.4 Å². The normalized spacial score (nSPS) is 37.0. The van der Waals surface area contributed by atoms with Gasteiger partial charge in [0.1, 0.15) is 6.04 Å². The number of nitrogens with zero attached hydrogens (tertiary/aromatic N) is 2. The van der Waals surface area contributed by atoms with Crippen molar-refractivity contribution in [3.05, 3.63) is 11.1 Å². The summed E-state index contributed by atoms with van der Waals surface area (Å²) < 4.78 is 13.1. The first-order valence-electron chi connectivity index (χ1n) is 22.4. The highest BCUT2D eigenvalue weighted by atomic mass is 16.5. The van der Waals surface area contributed by atoms with Crippen molar-refractivity contribution >= 4 is 17.7 Å². The standard InChI is InChI=1S/C44H71N3O6/c1-2-38(31-7-4-3-5-8-31)42(32-11-15-35(48)16-12-32)33-13-17-36(18-14-33)53-26-24-46-23-6-9-37(29-46)52-25-22-30-10-19-39-34(27-30)28-47(44(39)51)40-20-21-41(49)45-43(40)50/h30-37,39-40,48H,2-29H2,1H3,(H,45,49,50)/b42-38-. The summed E-state index contributed by atoms with van der Waals surface area (Å²) in [5.74, 6) is 2.72. The number of imide groups is 1. The van der Waals surface area contributed by atoms with Gasteiger partial charge in [0, 0.05) is 38.6 Å². The molecule has 5 atom stereocenters. The lowest BCUT2D eigenvalue weighted by Gasteiger charge is -2.39. The third kappa shape index (κ3) is 9.96. The average molecular weight is 738 g/mol. The number of likely N-dealkylation sites (tertiary alicyclic amines) is 2. The molecule has 9 nitrogen and oxygen atoms in total. The van der Waals surface area contributed by atoms with E-state index in [2.05, 4.69) is 17.1 Å². The first-order valence-corrected chi connectivity index (χ1v) is 22.4. The second-order valence-corrected chi connectivity index (χ2v) is 18.2. The number of allylic oxidation sites excluding steroid dienone is 2. The number of fused-ring (bicyclic) bond motifs is 1. The molecule has 3 amide bonds. The SMILES string of the molecule is CC/C(=C(\C1CCC(O)CC1)C1CCC(OCCN2CCCC(OCCC3CCC4C(=O)N(C5CCC(=O)NC5=O)CC4C3)C2)CC1)C1CCCCC1. The van der Waals surface area contributed by atoms with E-state index >= 15 is 0 Å². The number of piperidine rings is 2. The molecule has 7 fully saturated rings. The lowest BCUT2D eigenvalue weighted by Crippen LogP contribution is -2.53. The highest BCUT2D eigenvalue weighted by Gasteiger charge is 2.48. The van der Waals surface area contributed by atoms with E-state index in [0.29, 0.717) is 43.2 Å². The molecule has 4 saturated carbocycles. The summed E-state index contributed by atoms with van der Waals surface area (Å²) in [6, 6.07) is -0.481. The van der Waals surface area contributed by atoms with Crippen LogP contribution in [0.1, 0.15) is 148 Å². The monoisotopic (exact) mass is 738 g/mol. The zero-order chi connectivity index (χ0) is 36.7. The molecule has 4 aliphatic carbocycles. The molecule has 5 unspecified atom stereocenters. The van der Waals surface area contributed by atoms with Gasteiger partial charge in [-0.15, -0.1) is 0 Å². The number of nitrogens with one attached hydrogen (secondary N) is 1. The van der Waals surface area contributed by atoms with Crippen LogP contribution >= 0.6 is 0 Å². The molecule has 3 saturated heterocycles. The van der Waals surface area contributed by atoms with Crippen molar-refractivity contribution in [2.45, 2.75) is 173 Å². The smallest absolute Gasteiger partial charge is 0.249 e. The van der Waals surface area contributed by atoms with E-state index in [4.69, 9.17) is 9.47 Å². The number of hydrogen-bond donors (Lipinski definition) is 2. The lowest BCUT2D eigenvalue weighted by atomic mass is 9.68. The predicted octanol–water partition coefficient (Wildman–Crippen LogP) is 6.95. The van der Waals surface area contributed by atoms with Crippen LogP contribution in [0.3, 0.4) is 0 Å². The van der Waals surface area contributed by atoms with Crippen LogP contribution in [0.5, 0.6) is 0 Å². The molecule has 0 spiro atoms. The van der Waals surface area contributed by atoms with Gasteiger partial charge in [-0.3, -0.25) is 24.6 Å². The Morgan fingerprint density at radius 1 is 0.755 bits per heavy atom. The summed E-state index contributed by atoms with van der Waals surface area (Å²) >= 11 is 0. The Kier molecular flexibility index (Phi) is 14.0. The summed E-state index contributed by atoms with van der Waals surface area (Å²) in [6.07, 6.45) is 25.1. The Morgan fingerprint density at radius 3 is 2.23 bits per heavy atom. The second kappa shape index (κ2) is 18.9. The highest BCUT2D eigenvalue weighted by Crippen LogP contribution is 2.46. The van der Waals surface area contributed by atoms with Gasteiger partial charge in [-0.05, 0) is 152 Å². The third-order valence-electron chi connectivity index (χ3n) is 14.9. The van der Waals surface area contributed by atoms with Gasteiger partial charge >= 0.3 is 0 Å². The molecule has 7 aliphatic rings. The van der Waals surface area contributed by atoms with Crippen LogP contribution in [0.25, 0.3) is 0 Å². The Hall–Kier alpha value is -1.81. The van der Waals surface area contributed by atoms with Gasteiger partial charge < -0.3 is 19.5 Å². The number of carbonyl (C=O) groups excluding carboxylic acids is 3. The minimum atomic E-state index is -0.481. The van der Waals surface area contributed by atoms with Gasteiger partial charge in [0.15, 0.2) is 0 Å². The molecule has 53 heavy (non-hydrogen) atoms. The first kappa shape index (κ1) is 39.4. The van der Waals surface area contributed by atoms with Crippen LogP contribution < -0.4 is 5.32 Å². The Balaban J connectivity index is 0.807. The summed E-state index contributed by atoms with van der Waals surface area (Å²) in [7, 11) is 0. The fraction of sp³-hybridized carbons (Fsp3) is 0.886. The van der Waals surface area contributed by atoms with Crippen molar-refractivity contribution in [2.75, 3.05) is 39.4 Å². The minimum Gasteiger partial charge on any atom is -0.393 e. The van der Waals surface area contributed by atoms with Crippen LogP contribution in [0.15, 0.2) is 11.1 Å². The van der Waals surface area contributed by atoms with Crippen molar-refractivity contribution < 1.29 is 29.0 Å². The number of rotatable bonds is 13. The number of aliphatic hydroxyl groups excluding tert-OH is 1. The van der Waals surface area contributed by atoms with E-state index in [0.717, 1.165) is 89.6 Å². The Morgan fingerprint density at radius 2 is 1.49 bits per heavy atom. The van der Waals surface area contributed by atoms with Crippen molar-refractivity contribution in [2.24, 2.45) is 35.5 Å². The maximum atomic E-state index is 13.2. The summed E-state index contributed by atoms with van der Waals surface area (Å²) in [5, 5.41) is 12.7. The van der Waals surface area contributed by atoms with E-state index in [1.807, 2.05) is 11.1 Å². The van der Waals surface area contributed by atoms with Gasteiger partial charge in [0.05, 0.1) is 24.9 Å². The summed E-state index contributed by atoms with van der Waals surface area (Å²) in [4.78, 5) is 41.6. The van der Waals surface area contributed by atoms with E-state index in [1.165, 1.54) is 83.5 Å². The van der Waals surface area contributed by atoms with Crippen molar-refractivity contribution in [1.82, 2.24) is 15.1 Å². The fourth-order valence-electron chi connectivity index (χ4n) is 12.0. The second-order valence-electron chi connectivity index (χ2n) is 18.2. The topological polar surface area (TPSA) is 108 Å². The average Bonchev–Trinajstić information content (AvgIpc) is 3.50. The van der Waals surface area contributed by atoms with Gasteiger partial charge in [-0.25, -0.2) is 0 Å². The third-order valence-corrected chi connectivity index (χ3v) is 14.9. The Bertz CT molecular complexity index is 1270. The van der Waals surface area contributed by atoms with E-state index in [-0.39, 0.29) is 35.8 Å². The van der Waals surface area contributed by atoms with Crippen LogP contribution in [-0.2, 0) is 23.9 Å². The molecule has 0 radical (unpaired) electrons. The Labute approximate surface area is 319 Å². The molecule has 0 aromatic rings. The van der Waals surface area contributed by atoms with E-state index in [9.17, 15) is 19.5 Å². The van der Waals surface area contributed by atoms with Crippen LogP contribution in [0.2, 0.25) is 0 Å². The van der Waals surface area contributed by atoms with Gasteiger partial charge in [-0.2, -0.15) is 0 Å². The molecule has 298 valence electrons. The highest BCUT2D eigenvalue weighted by molar-refractivity contribution is 6.02. The van der Waals surface area contributed by atoms with Gasteiger partial charge in [0.25, 0.3) is 0 Å². The van der Waals surface area contributed by atoms with E-state index < -0.39 is 6.04 Å². The predicted molar refractivity (Wildman–Crippen MR) is 206 cm³/mol.